The summed E-state index contributed by atoms with van der Waals surface area (Å²) in [6.07, 6.45) is -0.979. The summed E-state index contributed by atoms with van der Waals surface area (Å²) in [5, 5.41) is 1.95. The highest BCUT2D eigenvalue weighted by Gasteiger charge is 2.21. The highest BCUT2D eigenvalue weighted by atomic mass is 32.2. The Kier molecular flexibility index (Phi) is 6.15. The fourth-order valence-electron chi connectivity index (χ4n) is 2.49. The SMILES string of the molecule is CC(OC(=O)C(C)SCc1nc2scc(-c3ccccc3)c2c(=O)[nH]1)C(N)=O. The molecule has 0 saturated heterocycles. The second kappa shape index (κ2) is 8.57. The number of hydrogen-bond acceptors (Lipinski definition) is 7. The largest absolute Gasteiger partial charge is 0.452 e. The molecule has 0 radical (unpaired) electrons. The first-order valence-electron chi connectivity index (χ1n) is 8.54. The minimum Gasteiger partial charge on any atom is -0.452 e. The summed E-state index contributed by atoms with van der Waals surface area (Å²) in [6.45, 7) is 3.09. The van der Waals surface area contributed by atoms with E-state index >= 15 is 0 Å². The molecule has 3 rings (SSSR count). The zero-order valence-electron chi connectivity index (χ0n) is 15.3. The average molecular weight is 418 g/mol. The number of primary amides is 1. The number of ether oxygens (including phenoxy) is 1. The van der Waals surface area contributed by atoms with Crippen LogP contribution in [0.15, 0.2) is 40.5 Å². The summed E-state index contributed by atoms with van der Waals surface area (Å²) >= 11 is 2.66. The van der Waals surface area contributed by atoms with E-state index in [9.17, 15) is 14.4 Å². The van der Waals surface area contributed by atoms with Gasteiger partial charge in [-0.3, -0.25) is 14.4 Å². The molecule has 0 aliphatic carbocycles. The van der Waals surface area contributed by atoms with E-state index in [4.69, 9.17) is 10.5 Å². The van der Waals surface area contributed by atoms with E-state index in [1.807, 2.05) is 35.7 Å². The van der Waals surface area contributed by atoms with Gasteiger partial charge >= 0.3 is 5.97 Å². The van der Waals surface area contributed by atoms with Gasteiger partial charge in [-0.1, -0.05) is 30.3 Å². The molecule has 0 spiro atoms. The van der Waals surface area contributed by atoms with Crippen LogP contribution in [0.1, 0.15) is 19.7 Å². The van der Waals surface area contributed by atoms with Gasteiger partial charge in [0, 0.05) is 10.9 Å². The first-order chi connectivity index (χ1) is 13.4. The predicted molar refractivity (Wildman–Crippen MR) is 111 cm³/mol. The number of aromatic nitrogens is 2. The van der Waals surface area contributed by atoms with Crippen molar-refractivity contribution in [2.75, 3.05) is 0 Å². The predicted octanol–water partition coefficient (Wildman–Crippen LogP) is 2.69. The fraction of sp³-hybridized carbons (Fsp3) is 0.263. The third kappa shape index (κ3) is 4.42. The Balaban J connectivity index is 1.74. The molecule has 3 N–H and O–H groups in total. The van der Waals surface area contributed by atoms with Gasteiger partial charge in [0.1, 0.15) is 15.9 Å². The van der Waals surface area contributed by atoms with Crippen molar-refractivity contribution in [2.24, 2.45) is 5.73 Å². The molecule has 146 valence electrons. The van der Waals surface area contributed by atoms with Crippen LogP contribution in [-0.2, 0) is 20.1 Å². The van der Waals surface area contributed by atoms with Crippen molar-refractivity contribution in [2.45, 2.75) is 31.0 Å². The lowest BCUT2D eigenvalue weighted by molar-refractivity contribution is -0.152. The number of nitrogens with one attached hydrogen (secondary N) is 1. The monoisotopic (exact) mass is 417 g/mol. The lowest BCUT2D eigenvalue weighted by Crippen LogP contribution is -2.33. The molecule has 2 unspecified atom stereocenters. The Morgan fingerprint density at radius 3 is 2.68 bits per heavy atom. The number of carbonyl (C=O) groups excluding carboxylic acids is 2. The molecular formula is C19H19N3O4S2. The summed E-state index contributed by atoms with van der Waals surface area (Å²) in [5.41, 5.74) is 6.70. The molecule has 2 atom stereocenters. The number of nitrogens with two attached hydrogens (primary N) is 1. The van der Waals surface area contributed by atoms with E-state index < -0.39 is 23.2 Å². The van der Waals surface area contributed by atoms with Crippen LogP contribution in [0.25, 0.3) is 21.3 Å². The quantitative estimate of drug-likeness (QED) is 0.571. The number of carbonyl (C=O) groups is 2. The number of thiophene rings is 1. The van der Waals surface area contributed by atoms with Crippen LogP contribution in [0.5, 0.6) is 0 Å². The van der Waals surface area contributed by atoms with Gasteiger partial charge in [-0.2, -0.15) is 0 Å². The molecule has 0 fully saturated rings. The Bertz CT molecular complexity index is 1060. The van der Waals surface area contributed by atoms with Gasteiger partial charge < -0.3 is 15.5 Å². The van der Waals surface area contributed by atoms with Crippen LogP contribution in [0.2, 0.25) is 0 Å². The third-order valence-corrected chi connectivity index (χ3v) is 6.08. The van der Waals surface area contributed by atoms with E-state index in [0.29, 0.717) is 21.8 Å². The van der Waals surface area contributed by atoms with E-state index in [-0.39, 0.29) is 5.56 Å². The van der Waals surface area contributed by atoms with Crippen molar-refractivity contribution >= 4 is 45.2 Å². The van der Waals surface area contributed by atoms with E-state index in [1.54, 1.807) is 6.92 Å². The molecule has 1 amide bonds. The number of benzene rings is 1. The highest BCUT2D eigenvalue weighted by Crippen LogP contribution is 2.30. The Morgan fingerprint density at radius 2 is 2.00 bits per heavy atom. The van der Waals surface area contributed by atoms with Crippen LogP contribution >= 0.6 is 23.1 Å². The van der Waals surface area contributed by atoms with Gasteiger partial charge in [-0.25, -0.2) is 4.98 Å². The molecule has 0 saturated carbocycles. The van der Waals surface area contributed by atoms with Gasteiger partial charge in [0.2, 0.25) is 0 Å². The van der Waals surface area contributed by atoms with Gasteiger partial charge in [-0.05, 0) is 19.4 Å². The first kappa shape index (κ1) is 20.1. The van der Waals surface area contributed by atoms with E-state index in [1.165, 1.54) is 30.0 Å². The van der Waals surface area contributed by atoms with Crippen molar-refractivity contribution in [3.05, 3.63) is 51.9 Å². The van der Waals surface area contributed by atoms with Crippen molar-refractivity contribution in [3.8, 4) is 11.1 Å². The highest BCUT2D eigenvalue weighted by molar-refractivity contribution is 7.99. The second-order valence-electron chi connectivity index (χ2n) is 6.14. The number of H-pyrrole nitrogens is 1. The smallest absolute Gasteiger partial charge is 0.319 e. The molecule has 2 heterocycles. The number of hydrogen-bond donors (Lipinski definition) is 2. The zero-order chi connectivity index (χ0) is 20.3. The van der Waals surface area contributed by atoms with Crippen LogP contribution < -0.4 is 11.3 Å². The number of aromatic amines is 1. The number of amides is 1. The van der Waals surface area contributed by atoms with E-state index in [0.717, 1.165) is 11.1 Å². The zero-order valence-corrected chi connectivity index (χ0v) is 16.9. The lowest BCUT2D eigenvalue weighted by Gasteiger charge is -2.14. The topological polar surface area (TPSA) is 115 Å². The van der Waals surface area contributed by atoms with Crippen LogP contribution in [-0.4, -0.2) is 33.2 Å². The van der Waals surface area contributed by atoms with Crippen LogP contribution in [0, 0.1) is 0 Å². The minimum absolute atomic E-state index is 0.210. The Morgan fingerprint density at radius 1 is 1.29 bits per heavy atom. The maximum atomic E-state index is 12.6. The maximum Gasteiger partial charge on any atom is 0.319 e. The molecule has 28 heavy (non-hydrogen) atoms. The molecule has 0 aliphatic rings. The molecular weight excluding hydrogens is 398 g/mol. The molecule has 2 aromatic heterocycles. The maximum absolute atomic E-state index is 12.6. The summed E-state index contributed by atoms with van der Waals surface area (Å²) < 4.78 is 4.98. The molecule has 0 bridgehead atoms. The molecule has 9 heteroatoms. The van der Waals surface area contributed by atoms with Gasteiger partial charge in [0.25, 0.3) is 11.5 Å². The minimum atomic E-state index is -0.979. The Hall–Kier alpha value is -2.65. The van der Waals surface area contributed by atoms with Crippen LogP contribution in [0.3, 0.4) is 0 Å². The van der Waals surface area contributed by atoms with Gasteiger partial charge in [0.15, 0.2) is 6.10 Å². The first-order valence-corrected chi connectivity index (χ1v) is 10.5. The summed E-state index contributed by atoms with van der Waals surface area (Å²) in [6, 6.07) is 9.67. The fourth-order valence-corrected chi connectivity index (χ4v) is 4.20. The number of rotatable bonds is 7. The molecule has 0 aliphatic heterocycles. The van der Waals surface area contributed by atoms with Crippen molar-refractivity contribution in [1.82, 2.24) is 9.97 Å². The molecule has 3 aromatic rings. The lowest BCUT2D eigenvalue weighted by atomic mass is 10.1. The average Bonchev–Trinajstić information content (AvgIpc) is 3.11. The van der Waals surface area contributed by atoms with Crippen LogP contribution in [0.4, 0.5) is 0 Å². The number of fused-ring (bicyclic) bond motifs is 1. The number of nitrogens with zero attached hydrogens (tertiary/aromatic N) is 1. The summed E-state index contributed by atoms with van der Waals surface area (Å²) in [7, 11) is 0. The van der Waals surface area contributed by atoms with Gasteiger partial charge in [0.05, 0.1) is 11.1 Å². The molecule has 7 nitrogen and oxygen atoms in total. The van der Waals surface area contributed by atoms with Crippen molar-refractivity contribution in [1.29, 1.82) is 0 Å². The standard InChI is InChI=1S/C19H19N3O4S2/c1-10(16(20)23)26-19(25)11(2)27-9-14-21-17(24)15-13(8-28-18(15)22-14)12-6-4-3-5-7-12/h3-8,10-11H,9H2,1-2H3,(H2,20,23)(H,21,22,24). The van der Waals surface area contributed by atoms with Crippen molar-refractivity contribution < 1.29 is 14.3 Å². The number of esters is 1. The van der Waals surface area contributed by atoms with E-state index in [2.05, 4.69) is 9.97 Å². The molecule has 1 aromatic carbocycles. The second-order valence-corrected chi connectivity index (χ2v) is 8.33. The summed E-state index contributed by atoms with van der Waals surface area (Å²) in [4.78, 5) is 43.5. The summed E-state index contributed by atoms with van der Waals surface area (Å²) in [5.74, 6) is -0.437. The van der Waals surface area contributed by atoms with Crippen molar-refractivity contribution in [3.63, 3.8) is 0 Å². The Labute approximate surface area is 169 Å². The third-order valence-electron chi connectivity index (χ3n) is 4.07. The normalized spacial score (nSPS) is 13.2. The van der Waals surface area contributed by atoms with Gasteiger partial charge in [-0.15, -0.1) is 23.1 Å². The number of thioether (sulfide) groups is 1.